The maximum absolute atomic E-state index is 11.8. The van der Waals surface area contributed by atoms with Gasteiger partial charge in [0.1, 0.15) is 5.75 Å². The molecule has 0 fully saturated rings. The molecule has 0 saturated carbocycles. The van der Waals surface area contributed by atoms with Crippen molar-refractivity contribution in [3.8, 4) is 5.75 Å². The molecule has 2 aromatic carbocycles. The fraction of sp³-hybridized carbons (Fsp3) is 0.0588. The van der Waals surface area contributed by atoms with Crippen LogP contribution in [0.1, 0.15) is 5.56 Å². The lowest BCUT2D eigenvalue weighted by molar-refractivity contribution is -0.123. The minimum atomic E-state index is -0.432. The SMILES string of the molecule is O=C(COc1cc(Cl)c(Cl)cc1Cl)N/N=C\c1c[nH]c2ccccc12. The molecule has 0 atom stereocenters. The van der Waals surface area contributed by atoms with Crippen LogP contribution in [0.4, 0.5) is 0 Å². The number of carbonyl (C=O) groups is 1. The van der Waals surface area contributed by atoms with Crippen molar-refractivity contribution < 1.29 is 9.53 Å². The molecule has 25 heavy (non-hydrogen) atoms. The molecule has 0 unspecified atom stereocenters. The number of carbonyl (C=O) groups excluding carboxylic acids is 1. The van der Waals surface area contributed by atoms with E-state index in [1.807, 2.05) is 30.5 Å². The van der Waals surface area contributed by atoms with Crippen LogP contribution in [0.25, 0.3) is 10.9 Å². The minimum absolute atomic E-state index is 0.261. The zero-order valence-electron chi connectivity index (χ0n) is 12.7. The van der Waals surface area contributed by atoms with E-state index in [-0.39, 0.29) is 17.4 Å². The highest BCUT2D eigenvalue weighted by molar-refractivity contribution is 6.43. The number of para-hydroxylation sites is 1. The Morgan fingerprint density at radius 2 is 1.92 bits per heavy atom. The van der Waals surface area contributed by atoms with Crippen molar-refractivity contribution in [2.24, 2.45) is 5.10 Å². The number of ether oxygens (including phenoxy) is 1. The van der Waals surface area contributed by atoms with Gasteiger partial charge in [-0.25, -0.2) is 5.43 Å². The van der Waals surface area contributed by atoms with Gasteiger partial charge in [0, 0.05) is 28.7 Å². The monoisotopic (exact) mass is 395 g/mol. The molecule has 2 N–H and O–H groups in total. The number of rotatable bonds is 5. The Morgan fingerprint density at radius 3 is 2.76 bits per heavy atom. The first-order chi connectivity index (χ1) is 12.0. The summed E-state index contributed by atoms with van der Waals surface area (Å²) in [6, 6.07) is 10.7. The maximum atomic E-state index is 11.8. The van der Waals surface area contributed by atoms with Gasteiger partial charge in [-0.3, -0.25) is 4.79 Å². The molecule has 0 bridgehead atoms. The van der Waals surface area contributed by atoms with Gasteiger partial charge in [0.05, 0.1) is 21.3 Å². The summed E-state index contributed by atoms with van der Waals surface area (Å²) in [5, 5.41) is 5.81. The van der Waals surface area contributed by atoms with Gasteiger partial charge in [-0.05, 0) is 12.1 Å². The Balaban J connectivity index is 1.57. The molecule has 5 nitrogen and oxygen atoms in total. The topological polar surface area (TPSA) is 66.5 Å². The van der Waals surface area contributed by atoms with E-state index in [1.54, 1.807) is 6.21 Å². The van der Waals surface area contributed by atoms with E-state index in [1.165, 1.54) is 12.1 Å². The Morgan fingerprint density at radius 1 is 1.16 bits per heavy atom. The molecule has 0 aliphatic heterocycles. The first kappa shape index (κ1) is 17.6. The third-order valence-corrected chi connectivity index (χ3v) is 4.37. The predicted molar refractivity (Wildman–Crippen MR) is 101 cm³/mol. The van der Waals surface area contributed by atoms with E-state index in [2.05, 4.69) is 15.5 Å². The normalized spacial score (nSPS) is 11.2. The Hall–Kier alpha value is -2.21. The summed E-state index contributed by atoms with van der Waals surface area (Å²) in [4.78, 5) is 14.9. The molecule has 0 aliphatic carbocycles. The lowest BCUT2D eigenvalue weighted by Crippen LogP contribution is -2.24. The summed E-state index contributed by atoms with van der Waals surface area (Å²) in [5.41, 5.74) is 4.25. The molecule has 1 aromatic heterocycles. The van der Waals surface area contributed by atoms with Crippen LogP contribution in [0.5, 0.6) is 5.75 Å². The lowest BCUT2D eigenvalue weighted by Gasteiger charge is -2.08. The third kappa shape index (κ3) is 4.25. The highest BCUT2D eigenvalue weighted by Crippen LogP contribution is 2.33. The van der Waals surface area contributed by atoms with Crippen molar-refractivity contribution in [2.75, 3.05) is 6.61 Å². The maximum Gasteiger partial charge on any atom is 0.277 e. The quantitative estimate of drug-likeness (QED) is 0.374. The Kier molecular flexibility index (Phi) is 5.48. The van der Waals surface area contributed by atoms with Crippen LogP contribution in [-0.2, 0) is 4.79 Å². The van der Waals surface area contributed by atoms with E-state index < -0.39 is 5.91 Å². The Labute approximate surface area is 158 Å². The van der Waals surface area contributed by atoms with Gasteiger partial charge in [0.15, 0.2) is 6.61 Å². The van der Waals surface area contributed by atoms with E-state index >= 15 is 0 Å². The molecule has 8 heteroatoms. The molecule has 1 heterocycles. The molecule has 0 radical (unpaired) electrons. The van der Waals surface area contributed by atoms with Crippen molar-refractivity contribution in [3.63, 3.8) is 0 Å². The van der Waals surface area contributed by atoms with Gasteiger partial charge >= 0.3 is 0 Å². The van der Waals surface area contributed by atoms with Gasteiger partial charge in [-0.15, -0.1) is 0 Å². The number of fused-ring (bicyclic) bond motifs is 1. The number of aromatic amines is 1. The molecule has 128 valence electrons. The summed E-state index contributed by atoms with van der Waals surface area (Å²) in [6.07, 6.45) is 3.37. The van der Waals surface area contributed by atoms with Crippen molar-refractivity contribution in [1.82, 2.24) is 10.4 Å². The van der Waals surface area contributed by atoms with E-state index in [4.69, 9.17) is 39.5 Å². The number of aromatic nitrogens is 1. The second-order valence-corrected chi connectivity index (χ2v) is 6.29. The van der Waals surface area contributed by atoms with Crippen LogP contribution in [0.3, 0.4) is 0 Å². The number of hydrazone groups is 1. The fourth-order valence-corrected chi connectivity index (χ4v) is 2.76. The van der Waals surface area contributed by atoms with Crippen molar-refractivity contribution >= 4 is 57.8 Å². The van der Waals surface area contributed by atoms with Crippen LogP contribution < -0.4 is 10.2 Å². The molecule has 3 rings (SSSR count). The van der Waals surface area contributed by atoms with E-state index in [0.29, 0.717) is 10.0 Å². The van der Waals surface area contributed by atoms with Gasteiger partial charge in [-0.1, -0.05) is 53.0 Å². The molecule has 0 spiro atoms. The molecule has 0 saturated heterocycles. The molecular weight excluding hydrogens is 385 g/mol. The average molecular weight is 397 g/mol. The van der Waals surface area contributed by atoms with Crippen molar-refractivity contribution in [3.05, 3.63) is 63.2 Å². The second-order valence-electron chi connectivity index (χ2n) is 5.07. The zero-order valence-corrected chi connectivity index (χ0v) is 15.0. The van der Waals surface area contributed by atoms with Crippen LogP contribution in [0.2, 0.25) is 15.1 Å². The molecule has 1 amide bonds. The van der Waals surface area contributed by atoms with Crippen LogP contribution in [-0.4, -0.2) is 23.7 Å². The lowest BCUT2D eigenvalue weighted by atomic mass is 10.2. The molecular formula is C17H12Cl3N3O2. The van der Waals surface area contributed by atoms with Crippen LogP contribution in [0, 0.1) is 0 Å². The summed E-state index contributed by atoms with van der Waals surface area (Å²) < 4.78 is 5.33. The van der Waals surface area contributed by atoms with Crippen molar-refractivity contribution in [2.45, 2.75) is 0 Å². The number of nitrogens with one attached hydrogen (secondary N) is 2. The average Bonchev–Trinajstić information content (AvgIpc) is 3.00. The van der Waals surface area contributed by atoms with Gasteiger partial charge in [0.25, 0.3) is 5.91 Å². The summed E-state index contributed by atoms with van der Waals surface area (Å²) in [7, 11) is 0. The van der Waals surface area contributed by atoms with Crippen LogP contribution in [0.15, 0.2) is 47.7 Å². The first-order valence-electron chi connectivity index (χ1n) is 7.20. The highest BCUT2D eigenvalue weighted by atomic mass is 35.5. The number of H-pyrrole nitrogens is 1. The summed E-state index contributed by atoms with van der Waals surface area (Å²) in [5.74, 6) is -0.162. The molecule has 3 aromatic rings. The Bertz CT molecular complexity index is 953. The number of benzene rings is 2. The van der Waals surface area contributed by atoms with Crippen molar-refractivity contribution in [1.29, 1.82) is 0 Å². The predicted octanol–water partition coefficient (Wildman–Crippen LogP) is 4.66. The summed E-state index contributed by atoms with van der Waals surface area (Å²) in [6.45, 7) is -0.261. The number of hydrogen-bond donors (Lipinski definition) is 2. The molecule has 0 aliphatic rings. The standard InChI is InChI=1S/C17H12Cl3N3O2/c18-12-5-14(20)16(6-13(12)19)25-9-17(24)23-22-8-10-7-21-15-4-2-1-3-11(10)15/h1-8,21H,9H2,(H,23,24)/b22-8-. The van der Waals surface area contributed by atoms with Gasteiger partial charge < -0.3 is 9.72 Å². The van der Waals surface area contributed by atoms with Crippen LogP contribution >= 0.6 is 34.8 Å². The minimum Gasteiger partial charge on any atom is -0.482 e. The zero-order chi connectivity index (χ0) is 17.8. The van der Waals surface area contributed by atoms with E-state index in [0.717, 1.165) is 16.5 Å². The summed E-state index contributed by atoms with van der Waals surface area (Å²) >= 11 is 17.7. The first-order valence-corrected chi connectivity index (χ1v) is 8.33. The van der Waals surface area contributed by atoms with Gasteiger partial charge in [0.2, 0.25) is 0 Å². The van der Waals surface area contributed by atoms with Gasteiger partial charge in [-0.2, -0.15) is 5.10 Å². The fourth-order valence-electron chi connectivity index (χ4n) is 2.17. The second kappa shape index (κ2) is 7.78. The third-order valence-electron chi connectivity index (χ3n) is 3.35. The number of nitrogens with zero attached hydrogens (tertiary/aromatic N) is 1. The smallest absolute Gasteiger partial charge is 0.277 e. The van der Waals surface area contributed by atoms with E-state index in [9.17, 15) is 4.79 Å². The number of halogens is 3. The number of amides is 1. The highest BCUT2D eigenvalue weighted by Gasteiger charge is 2.09. The largest absolute Gasteiger partial charge is 0.482 e. The number of hydrogen-bond acceptors (Lipinski definition) is 3.